The summed E-state index contributed by atoms with van der Waals surface area (Å²) in [5.41, 5.74) is 1.82. The molecule has 3 aromatic rings. The first kappa shape index (κ1) is 20.7. The fourth-order valence-electron chi connectivity index (χ4n) is 2.76. The van der Waals surface area contributed by atoms with E-state index in [4.69, 9.17) is 9.47 Å². The minimum Gasteiger partial charge on any atom is -0.489 e. The topological polar surface area (TPSA) is 95.7 Å². The summed E-state index contributed by atoms with van der Waals surface area (Å²) in [6.07, 6.45) is 0. The second kappa shape index (κ2) is 9.47. The minimum atomic E-state index is -0.718. The molecule has 0 atom stereocenters. The quantitative estimate of drug-likeness (QED) is 0.237. The van der Waals surface area contributed by atoms with Crippen molar-refractivity contribution in [2.24, 2.45) is 0 Å². The lowest BCUT2D eigenvalue weighted by molar-refractivity contribution is -0.385. The molecule has 0 unspecified atom stereocenters. The third-order valence-electron chi connectivity index (χ3n) is 4.39. The average Bonchev–Trinajstić information content (AvgIpc) is 2.76. The number of carbonyl (C=O) groups excluding carboxylic acids is 2. The van der Waals surface area contributed by atoms with E-state index in [9.17, 15) is 19.7 Å². The second-order valence-corrected chi connectivity index (χ2v) is 6.56. The molecular formula is C23H19NO6. The fourth-order valence-corrected chi connectivity index (χ4v) is 2.76. The number of nitrogens with zero attached hydrogens (tertiary/aromatic N) is 1. The van der Waals surface area contributed by atoms with Crippen LogP contribution in [0.4, 0.5) is 5.69 Å². The van der Waals surface area contributed by atoms with E-state index in [0.717, 1.165) is 5.56 Å². The Balaban J connectivity index is 1.53. The summed E-state index contributed by atoms with van der Waals surface area (Å²) in [5, 5.41) is 10.8. The molecule has 0 bridgehead atoms. The van der Waals surface area contributed by atoms with E-state index >= 15 is 0 Å². The first-order chi connectivity index (χ1) is 14.4. The molecule has 30 heavy (non-hydrogen) atoms. The molecule has 0 amide bonds. The van der Waals surface area contributed by atoms with Crippen molar-refractivity contribution in [3.8, 4) is 5.75 Å². The molecule has 0 radical (unpaired) electrons. The summed E-state index contributed by atoms with van der Waals surface area (Å²) in [4.78, 5) is 34.7. The van der Waals surface area contributed by atoms with Crippen molar-refractivity contribution in [2.45, 2.75) is 13.5 Å². The maximum atomic E-state index is 12.3. The molecule has 3 rings (SSSR count). The molecule has 0 aliphatic heterocycles. The number of hydrogen-bond acceptors (Lipinski definition) is 6. The van der Waals surface area contributed by atoms with Crippen molar-refractivity contribution in [3.05, 3.63) is 105 Å². The van der Waals surface area contributed by atoms with Crippen molar-refractivity contribution in [2.75, 3.05) is 6.61 Å². The van der Waals surface area contributed by atoms with E-state index in [1.54, 1.807) is 24.3 Å². The van der Waals surface area contributed by atoms with Gasteiger partial charge in [-0.15, -0.1) is 0 Å². The maximum Gasteiger partial charge on any atom is 0.338 e. The highest BCUT2D eigenvalue weighted by molar-refractivity contribution is 5.99. The van der Waals surface area contributed by atoms with Gasteiger partial charge in [-0.25, -0.2) is 4.79 Å². The van der Waals surface area contributed by atoms with Crippen LogP contribution in [0.25, 0.3) is 0 Å². The second-order valence-electron chi connectivity index (χ2n) is 6.56. The average molecular weight is 405 g/mol. The van der Waals surface area contributed by atoms with Gasteiger partial charge in [0.05, 0.1) is 10.5 Å². The predicted molar refractivity (Wildman–Crippen MR) is 110 cm³/mol. The molecule has 0 heterocycles. The van der Waals surface area contributed by atoms with E-state index in [-0.39, 0.29) is 17.0 Å². The molecule has 0 N–H and O–H groups in total. The van der Waals surface area contributed by atoms with E-state index in [2.05, 4.69) is 0 Å². The Labute approximate surface area is 173 Å². The third kappa shape index (κ3) is 5.29. The monoisotopic (exact) mass is 405 g/mol. The number of nitro benzene ring substituents is 1. The standard InChI is InChI=1S/C23H19NO6/c1-16-13-19(9-12-21(16)24(27)28)23(26)30-15-22(25)18-7-10-20(11-8-18)29-14-17-5-3-2-4-6-17/h2-13H,14-15H2,1H3. The fraction of sp³-hybridized carbons (Fsp3) is 0.130. The number of nitro groups is 1. The van der Waals surface area contributed by atoms with Crippen molar-refractivity contribution < 1.29 is 24.0 Å². The minimum absolute atomic E-state index is 0.0859. The molecule has 0 fully saturated rings. The third-order valence-corrected chi connectivity index (χ3v) is 4.39. The van der Waals surface area contributed by atoms with E-state index in [1.807, 2.05) is 30.3 Å². The zero-order chi connectivity index (χ0) is 21.5. The highest BCUT2D eigenvalue weighted by Gasteiger charge is 2.16. The van der Waals surface area contributed by atoms with Gasteiger partial charge < -0.3 is 9.47 Å². The van der Waals surface area contributed by atoms with Gasteiger partial charge in [-0.3, -0.25) is 14.9 Å². The van der Waals surface area contributed by atoms with Crippen LogP contribution in [0.3, 0.4) is 0 Å². The summed E-state index contributed by atoms with van der Waals surface area (Å²) < 4.78 is 10.7. The van der Waals surface area contributed by atoms with Gasteiger partial charge in [-0.1, -0.05) is 30.3 Å². The Kier molecular flexibility index (Phi) is 6.54. The van der Waals surface area contributed by atoms with Crippen LogP contribution in [-0.2, 0) is 11.3 Å². The molecule has 152 valence electrons. The molecule has 3 aromatic carbocycles. The van der Waals surface area contributed by atoms with Crippen LogP contribution < -0.4 is 4.74 Å². The predicted octanol–water partition coefficient (Wildman–Crippen LogP) is 4.52. The molecule has 0 spiro atoms. The van der Waals surface area contributed by atoms with Crippen molar-refractivity contribution in [1.29, 1.82) is 0 Å². The lowest BCUT2D eigenvalue weighted by Gasteiger charge is -2.08. The van der Waals surface area contributed by atoms with Gasteiger partial charge in [-0.2, -0.15) is 0 Å². The largest absolute Gasteiger partial charge is 0.489 e. The Bertz CT molecular complexity index is 1060. The Hall–Kier alpha value is -4.00. The Morgan fingerprint density at radius 3 is 2.23 bits per heavy atom. The van der Waals surface area contributed by atoms with Gasteiger partial charge in [0.2, 0.25) is 0 Å². The van der Waals surface area contributed by atoms with Crippen LogP contribution in [0.15, 0.2) is 72.8 Å². The number of aryl methyl sites for hydroxylation is 1. The Morgan fingerprint density at radius 1 is 0.933 bits per heavy atom. The number of carbonyl (C=O) groups is 2. The van der Waals surface area contributed by atoms with Gasteiger partial charge in [-0.05, 0) is 48.9 Å². The normalized spacial score (nSPS) is 10.3. The van der Waals surface area contributed by atoms with Crippen LogP contribution >= 0.6 is 0 Å². The van der Waals surface area contributed by atoms with Crippen molar-refractivity contribution in [1.82, 2.24) is 0 Å². The van der Waals surface area contributed by atoms with E-state index in [1.165, 1.54) is 25.1 Å². The van der Waals surface area contributed by atoms with E-state index < -0.39 is 17.5 Å². The number of hydrogen-bond donors (Lipinski definition) is 0. The molecule has 7 heteroatoms. The van der Waals surface area contributed by atoms with Crippen molar-refractivity contribution in [3.63, 3.8) is 0 Å². The summed E-state index contributed by atoms with van der Waals surface area (Å²) in [5.74, 6) is -0.463. The summed E-state index contributed by atoms with van der Waals surface area (Å²) in [7, 11) is 0. The summed E-state index contributed by atoms with van der Waals surface area (Å²) in [6.45, 7) is 1.51. The highest BCUT2D eigenvalue weighted by Crippen LogP contribution is 2.19. The number of ketones is 1. The molecule has 0 saturated heterocycles. The Morgan fingerprint density at radius 2 is 1.60 bits per heavy atom. The molecule has 0 aromatic heterocycles. The molecule has 0 aliphatic carbocycles. The molecule has 7 nitrogen and oxygen atoms in total. The maximum absolute atomic E-state index is 12.3. The van der Waals surface area contributed by atoms with E-state index in [0.29, 0.717) is 23.5 Å². The molecular weight excluding hydrogens is 386 g/mol. The molecule has 0 aliphatic rings. The number of Topliss-reactive ketones (excluding diaryl/α,β-unsaturated/α-hetero) is 1. The zero-order valence-corrected chi connectivity index (χ0v) is 16.2. The first-order valence-electron chi connectivity index (χ1n) is 9.16. The van der Waals surface area contributed by atoms with Crippen LogP contribution in [0, 0.1) is 17.0 Å². The van der Waals surface area contributed by atoms with Crippen LogP contribution in [0.1, 0.15) is 31.8 Å². The SMILES string of the molecule is Cc1cc(C(=O)OCC(=O)c2ccc(OCc3ccccc3)cc2)ccc1[N+](=O)[O-]. The van der Waals surface area contributed by atoms with Gasteiger partial charge in [0.1, 0.15) is 12.4 Å². The number of ether oxygens (including phenoxy) is 2. The number of benzene rings is 3. The first-order valence-corrected chi connectivity index (χ1v) is 9.16. The zero-order valence-electron chi connectivity index (χ0n) is 16.2. The van der Waals surface area contributed by atoms with Gasteiger partial charge in [0.15, 0.2) is 12.4 Å². The van der Waals surface area contributed by atoms with Crippen LogP contribution in [-0.4, -0.2) is 23.3 Å². The highest BCUT2D eigenvalue weighted by atomic mass is 16.6. The van der Waals surface area contributed by atoms with Gasteiger partial charge >= 0.3 is 5.97 Å². The number of esters is 1. The van der Waals surface area contributed by atoms with Crippen LogP contribution in [0.2, 0.25) is 0 Å². The molecule has 0 saturated carbocycles. The lowest BCUT2D eigenvalue weighted by atomic mass is 10.1. The van der Waals surface area contributed by atoms with Crippen LogP contribution in [0.5, 0.6) is 5.75 Å². The summed E-state index contributed by atoms with van der Waals surface area (Å²) >= 11 is 0. The lowest BCUT2D eigenvalue weighted by Crippen LogP contribution is -2.14. The van der Waals surface area contributed by atoms with Gasteiger partial charge in [0.25, 0.3) is 5.69 Å². The summed E-state index contributed by atoms with van der Waals surface area (Å²) in [6, 6.07) is 20.2. The van der Waals surface area contributed by atoms with Gasteiger partial charge in [0, 0.05) is 17.2 Å². The van der Waals surface area contributed by atoms with Crippen molar-refractivity contribution >= 4 is 17.4 Å². The smallest absolute Gasteiger partial charge is 0.338 e. The number of rotatable bonds is 8.